The summed E-state index contributed by atoms with van der Waals surface area (Å²) in [6.45, 7) is 9.14. The first-order chi connectivity index (χ1) is 10.5. The highest BCUT2D eigenvalue weighted by Crippen LogP contribution is 2.14. The van der Waals surface area contributed by atoms with Gasteiger partial charge in [-0.1, -0.05) is 0 Å². The van der Waals surface area contributed by atoms with Crippen molar-refractivity contribution in [3.8, 4) is 0 Å². The van der Waals surface area contributed by atoms with E-state index in [9.17, 15) is 0 Å². The van der Waals surface area contributed by atoms with Gasteiger partial charge in [0.15, 0.2) is 0 Å². The predicted molar refractivity (Wildman–Crippen MR) is 92.9 cm³/mol. The van der Waals surface area contributed by atoms with Crippen LogP contribution >= 0.6 is 0 Å². The van der Waals surface area contributed by atoms with E-state index in [4.69, 9.17) is 0 Å². The van der Waals surface area contributed by atoms with Crippen LogP contribution in [0.5, 0.6) is 0 Å². The van der Waals surface area contributed by atoms with Crippen LogP contribution in [0.25, 0.3) is 0 Å². The zero-order chi connectivity index (χ0) is 16.1. The fourth-order valence-corrected chi connectivity index (χ4v) is 3.03. The molecule has 0 aromatic carbocycles. The van der Waals surface area contributed by atoms with Gasteiger partial charge in [0, 0.05) is 52.0 Å². The lowest BCUT2D eigenvalue weighted by Gasteiger charge is -2.29. The monoisotopic (exact) mass is 307 g/mol. The fraction of sp³-hybridized carbons (Fsp3) is 0.765. The molecule has 5 heteroatoms. The van der Waals surface area contributed by atoms with E-state index < -0.39 is 0 Å². The van der Waals surface area contributed by atoms with Gasteiger partial charge in [0.1, 0.15) is 0 Å². The molecule has 2 aliphatic rings. The molecule has 0 fully saturated rings. The van der Waals surface area contributed by atoms with Crippen LogP contribution in [0, 0.1) is 0 Å². The van der Waals surface area contributed by atoms with Gasteiger partial charge in [0.25, 0.3) is 0 Å². The maximum absolute atomic E-state index is 2.46. The quantitative estimate of drug-likeness (QED) is 0.678. The van der Waals surface area contributed by atoms with Crippen molar-refractivity contribution >= 4 is 0 Å². The summed E-state index contributed by atoms with van der Waals surface area (Å²) < 4.78 is 0. The minimum atomic E-state index is 0.505. The summed E-state index contributed by atoms with van der Waals surface area (Å²) in [6, 6.07) is 0. The first kappa shape index (κ1) is 17.0. The molecule has 0 spiro atoms. The average molecular weight is 307 g/mol. The van der Waals surface area contributed by atoms with E-state index in [0.717, 1.165) is 13.1 Å². The number of hydrogen-bond donors (Lipinski definition) is 0. The average Bonchev–Trinajstić information content (AvgIpc) is 2.97. The minimum absolute atomic E-state index is 0.505. The van der Waals surface area contributed by atoms with E-state index in [1.54, 1.807) is 0 Å². The molecule has 2 unspecified atom stereocenters. The van der Waals surface area contributed by atoms with Gasteiger partial charge in [-0.05, 0) is 46.8 Å². The summed E-state index contributed by atoms with van der Waals surface area (Å²) in [6.07, 6.45) is 12.2. The molecule has 2 aliphatic heterocycles. The SMILES string of the molecule is CC1N(C)C=CN1CCCN(C)CCCN1C=CN(C)C1C. The van der Waals surface area contributed by atoms with Crippen molar-refractivity contribution in [3.63, 3.8) is 0 Å². The third-order valence-corrected chi connectivity index (χ3v) is 5.04. The first-order valence-electron chi connectivity index (χ1n) is 8.49. The standard InChI is InChI=1S/C17H33N5/c1-16-19(4)12-14-21(16)10-6-8-18(3)9-7-11-22-15-13-20(5)17(22)2/h12-17H,6-11H2,1-5H3. The molecule has 2 atom stereocenters. The molecule has 5 nitrogen and oxygen atoms in total. The smallest absolute Gasteiger partial charge is 0.0974 e. The lowest BCUT2D eigenvalue weighted by molar-refractivity contribution is 0.177. The van der Waals surface area contributed by atoms with Crippen LogP contribution in [0.2, 0.25) is 0 Å². The molecule has 0 aromatic rings. The van der Waals surface area contributed by atoms with Gasteiger partial charge in [0.2, 0.25) is 0 Å². The van der Waals surface area contributed by atoms with Gasteiger partial charge in [-0.2, -0.15) is 0 Å². The Kier molecular flexibility index (Phi) is 6.00. The second-order valence-corrected chi connectivity index (χ2v) is 6.68. The summed E-state index contributed by atoms with van der Waals surface area (Å²) in [7, 11) is 6.52. The van der Waals surface area contributed by atoms with Gasteiger partial charge in [-0.25, -0.2) is 0 Å². The Balaban J connectivity index is 1.54. The highest BCUT2D eigenvalue weighted by molar-refractivity contribution is 4.94. The van der Waals surface area contributed by atoms with Crippen molar-refractivity contribution in [2.45, 2.75) is 39.0 Å². The van der Waals surface area contributed by atoms with Crippen molar-refractivity contribution in [1.82, 2.24) is 24.5 Å². The summed E-state index contributed by atoms with van der Waals surface area (Å²) in [4.78, 5) is 11.8. The summed E-state index contributed by atoms with van der Waals surface area (Å²) in [5, 5.41) is 0. The van der Waals surface area contributed by atoms with E-state index >= 15 is 0 Å². The van der Waals surface area contributed by atoms with E-state index in [0.29, 0.717) is 12.3 Å². The molecule has 2 heterocycles. The lowest BCUT2D eigenvalue weighted by Crippen LogP contribution is -2.36. The van der Waals surface area contributed by atoms with Gasteiger partial charge >= 0.3 is 0 Å². The summed E-state index contributed by atoms with van der Waals surface area (Å²) in [5.74, 6) is 0. The van der Waals surface area contributed by atoms with E-state index in [-0.39, 0.29) is 0 Å². The Hall–Kier alpha value is -1.36. The van der Waals surface area contributed by atoms with E-state index in [2.05, 4.69) is 84.3 Å². The number of hydrogen-bond acceptors (Lipinski definition) is 5. The Morgan fingerprint density at radius 1 is 0.773 bits per heavy atom. The maximum atomic E-state index is 2.46. The largest absolute Gasteiger partial charge is 0.359 e. The van der Waals surface area contributed by atoms with Crippen LogP contribution in [-0.2, 0) is 0 Å². The van der Waals surface area contributed by atoms with Gasteiger partial charge in [-0.15, -0.1) is 0 Å². The van der Waals surface area contributed by atoms with Crippen molar-refractivity contribution in [2.24, 2.45) is 0 Å². The predicted octanol–water partition coefficient (Wildman–Crippen LogP) is 1.83. The van der Waals surface area contributed by atoms with Crippen LogP contribution in [0.4, 0.5) is 0 Å². The molecule has 2 rings (SSSR count). The maximum Gasteiger partial charge on any atom is 0.0974 e. The highest BCUT2D eigenvalue weighted by Gasteiger charge is 2.19. The molecule has 0 saturated heterocycles. The van der Waals surface area contributed by atoms with Crippen LogP contribution in [-0.4, -0.2) is 84.2 Å². The van der Waals surface area contributed by atoms with Crippen molar-refractivity contribution in [3.05, 3.63) is 24.8 Å². The second-order valence-electron chi connectivity index (χ2n) is 6.68. The molecule has 0 N–H and O–H groups in total. The van der Waals surface area contributed by atoms with E-state index in [1.807, 2.05) is 0 Å². The molecule has 0 bridgehead atoms. The summed E-state index contributed by atoms with van der Waals surface area (Å²) in [5.41, 5.74) is 0. The normalized spacial score (nSPS) is 24.5. The Morgan fingerprint density at radius 2 is 1.18 bits per heavy atom. The fourth-order valence-electron chi connectivity index (χ4n) is 3.03. The topological polar surface area (TPSA) is 16.2 Å². The number of nitrogens with zero attached hydrogens (tertiary/aromatic N) is 5. The van der Waals surface area contributed by atoms with E-state index in [1.165, 1.54) is 25.9 Å². The van der Waals surface area contributed by atoms with Gasteiger partial charge in [0.05, 0.1) is 12.3 Å². The molecule has 126 valence electrons. The van der Waals surface area contributed by atoms with Crippen LogP contribution < -0.4 is 0 Å². The van der Waals surface area contributed by atoms with Crippen molar-refractivity contribution < 1.29 is 0 Å². The lowest BCUT2D eigenvalue weighted by atomic mass is 10.3. The van der Waals surface area contributed by atoms with Gasteiger partial charge in [-0.3, -0.25) is 0 Å². The van der Waals surface area contributed by atoms with Crippen LogP contribution in [0.3, 0.4) is 0 Å². The Bertz CT molecular complexity index is 359. The van der Waals surface area contributed by atoms with Crippen molar-refractivity contribution in [2.75, 3.05) is 47.3 Å². The molecular weight excluding hydrogens is 274 g/mol. The highest BCUT2D eigenvalue weighted by atomic mass is 15.4. The zero-order valence-electron chi connectivity index (χ0n) is 14.9. The van der Waals surface area contributed by atoms with Crippen LogP contribution in [0.1, 0.15) is 26.7 Å². The van der Waals surface area contributed by atoms with Crippen LogP contribution in [0.15, 0.2) is 24.8 Å². The molecule has 22 heavy (non-hydrogen) atoms. The molecule has 0 radical (unpaired) electrons. The minimum Gasteiger partial charge on any atom is -0.359 e. The number of rotatable bonds is 8. The molecular formula is C17H33N5. The molecule has 0 aromatic heterocycles. The Morgan fingerprint density at radius 3 is 1.50 bits per heavy atom. The first-order valence-corrected chi connectivity index (χ1v) is 8.49. The molecule has 0 amide bonds. The molecule has 0 aliphatic carbocycles. The van der Waals surface area contributed by atoms with Crippen molar-refractivity contribution in [1.29, 1.82) is 0 Å². The summed E-state index contributed by atoms with van der Waals surface area (Å²) >= 11 is 0. The molecule has 0 saturated carbocycles. The third-order valence-electron chi connectivity index (χ3n) is 5.04. The third kappa shape index (κ3) is 4.32. The Labute approximate surface area is 136 Å². The zero-order valence-corrected chi connectivity index (χ0v) is 14.9. The van der Waals surface area contributed by atoms with Gasteiger partial charge < -0.3 is 24.5 Å². The second kappa shape index (κ2) is 7.77.